The third-order valence-corrected chi connectivity index (χ3v) is 8.89. The van der Waals surface area contributed by atoms with Gasteiger partial charge in [0, 0.05) is 30.6 Å². The molecule has 0 spiro atoms. The van der Waals surface area contributed by atoms with Crippen molar-refractivity contribution < 1.29 is 14.0 Å². The first-order valence-electron chi connectivity index (χ1n) is 15.1. The topological polar surface area (TPSA) is 79.6 Å². The number of para-hydroxylation sites is 1. The standard InChI is InChI=1S/C36H35ClN2O4/c37-28-17-13-25(14-18-28)21-29(38-36(42)34-22-32(40)31-8-3-4-9-33(31)43-34)20-24-11-15-26(16-12-24)30-7-2-1-6-27(30)23-39-19-5-10-35(39)41/h1-4,6-9,13-14,17-18,20,22,26,29H,5,10-12,15-16,19,21,23H2,(H,38,42)/t26?,29-/m0/s1. The largest absolute Gasteiger partial charge is 0.451 e. The number of likely N-dealkylation sites (tertiary alicyclic amines) is 1. The van der Waals surface area contributed by atoms with Gasteiger partial charge in [-0.3, -0.25) is 14.4 Å². The van der Waals surface area contributed by atoms with E-state index in [2.05, 4.69) is 35.7 Å². The summed E-state index contributed by atoms with van der Waals surface area (Å²) in [6, 6.07) is 24.1. The van der Waals surface area contributed by atoms with E-state index in [1.807, 2.05) is 29.2 Å². The van der Waals surface area contributed by atoms with E-state index in [0.29, 0.717) is 41.3 Å². The fourth-order valence-corrected chi connectivity index (χ4v) is 6.51. The number of nitrogens with zero attached hydrogens (tertiary/aromatic N) is 1. The molecule has 3 aromatic carbocycles. The number of carbonyl (C=O) groups excluding carboxylic acids is 2. The SMILES string of the molecule is O=C(N[C@@H](C=C1CCC(c2ccccc2CN2CCCC2=O)CC1)Cc1ccc(Cl)cc1)c1cc(=O)c2ccccc2o1. The van der Waals surface area contributed by atoms with Crippen LogP contribution in [0.25, 0.3) is 11.0 Å². The van der Waals surface area contributed by atoms with Crippen molar-refractivity contribution in [2.75, 3.05) is 6.54 Å². The van der Waals surface area contributed by atoms with Gasteiger partial charge in [-0.25, -0.2) is 0 Å². The van der Waals surface area contributed by atoms with Gasteiger partial charge in [0.2, 0.25) is 5.91 Å². The van der Waals surface area contributed by atoms with Crippen molar-refractivity contribution in [1.82, 2.24) is 10.2 Å². The summed E-state index contributed by atoms with van der Waals surface area (Å²) >= 11 is 6.12. The predicted molar refractivity (Wildman–Crippen MR) is 169 cm³/mol. The fourth-order valence-electron chi connectivity index (χ4n) is 6.39. The molecule has 220 valence electrons. The molecule has 2 amide bonds. The monoisotopic (exact) mass is 594 g/mol. The lowest BCUT2D eigenvalue weighted by atomic mass is 9.79. The zero-order chi connectivity index (χ0) is 29.8. The van der Waals surface area contributed by atoms with Crippen molar-refractivity contribution in [3.63, 3.8) is 0 Å². The van der Waals surface area contributed by atoms with Crippen LogP contribution in [0.2, 0.25) is 5.02 Å². The second-order valence-electron chi connectivity index (χ2n) is 11.6. The summed E-state index contributed by atoms with van der Waals surface area (Å²) in [5, 5.41) is 4.22. The molecule has 1 atom stereocenters. The number of benzene rings is 3. The van der Waals surface area contributed by atoms with Crippen LogP contribution in [0.4, 0.5) is 0 Å². The quantitative estimate of drug-likeness (QED) is 0.219. The molecule has 1 saturated heterocycles. The number of nitrogens with one attached hydrogen (secondary N) is 1. The molecule has 0 bridgehead atoms. The summed E-state index contributed by atoms with van der Waals surface area (Å²) in [6.07, 6.45) is 8.24. The first-order chi connectivity index (χ1) is 20.9. The van der Waals surface area contributed by atoms with E-state index in [9.17, 15) is 14.4 Å². The highest BCUT2D eigenvalue weighted by Gasteiger charge is 2.25. The maximum Gasteiger partial charge on any atom is 0.287 e. The number of fused-ring (bicyclic) bond motifs is 1. The van der Waals surface area contributed by atoms with Gasteiger partial charge in [0.15, 0.2) is 11.2 Å². The fraction of sp³-hybridized carbons (Fsp3) is 0.306. The molecule has 2 fully saturated rings. The van der Waals surface area contributed by atoms with Crippen molar-refractivity contribution >= 4 is 34.4 Å². The highest BCUT2D eigenvalue weighted by molar-refractivity contribution is 6.30. The molecular weight excluding hydrogens is 560 g/mol. The minimum atomic E-state index is -0.419. The normalized spacial score (nSPS) is 17.7. The number of amides is 2. The average molecular weight is 595 g/mol. The molecule has 1 aliphatic heterocycles. The predicted octanol–water partition coefficient (Wildman–Crippen LogP) is 7.19. The Bertz CT molecular complexity index is 1720. The van der Waals surface area contributed by atoms with Crippen molar-refractivity contribution in [3.05, 3.63) is 128 Å². The number of hydrogen-bond acceptors (Lipinski definition) is 4. The molecule has 1 saturated carbocycles. The number of halogens is 1. The van der Waals surface area contributed by atoms with Crippen LogP contribution in [0.15, 0.2) is 99.7 Å². The Morgan fingerprint density at radius 2 is 1.72 bits per heavy atom. The molecule has 2 aliphatic rings. The van der Waals surface area contributed by atoms with Crippen molar-refractivity contribution in [1.29, 1.82) is 0 Å². The van der Waals surface area contributed by atoms with Crippen molar-refractivity contribution in [3.8, 4) is 0 Å². The molecule has 4 aromatic rings. The van der Waals surface area contributed by atoms with Crippen LogP contribution in [0.3, 0.4) is 0 Å². The van der Waals surface area contributed by atoms with E-state index in [1.54, 1.807) is 24.3 Å². The lowest BCUT2D eigenvalue weighted by molar-refractivity contribution is -0.128. The van der Waals surface area contributed by atoms with E-state index >= 15 is 0 Å². The van der Waals surface area contributed by atoms with E-state index in [0.717, 1.165) is 44.2 Å². The van der Waals surface area contributed by atoms with Crippen LogP contribution < -0.4 is 10.7 Å². The second kappa shape index (κ2) is 13.0. The van der Waals surface area contributed by atoms with Gasteiger partial charge in [-0.15, -0.1) is 0 Å². The third kappa shape index (κ3) is 6.91. The summed E-state index contributed by atoms with van der Waals surface area (Å²) in [4.78, 5) is 40.2. The molecule has 0 radical (unpaired) electrons. The van der Waals surface area contributed by atoms with Crippen molar-refractivity contribution in [2.45, 2.75) is 63.5 Å². The Labute approximate surface area is 256 Å². The van der Waals surface area contributed by atoms with Gasteiger partial charge >= 0.3 is 0 Å². The smallest absolute Gasteiger partial charge is 0.287 e. The maximum absolute atomic E-state index is 13.4. The molecule has 0 unspecified atom stereocenters. The zero-order valence-electron chi connectivity index (χ0n) is 24.1. The molecule has 1 aliphatic carbocycles. The van der Waals surface area contributed by atoms with Gasteiger partial charge in [-0.05, 0) is 85.4 Å². The third-order valence-electron chi connectivity index (χ3n) is 8.64. The highest BCUT2D eigenvalue weighted by atomic mass is 35.5. The Kier molecular flexibility index (Phi) is 8.75. The van der Waals surface area contributed by atoms with Crippen LogP contribution in [-0.2, 0) is 17.8 Å². The molecule has 6 nitrogen and oxygen atoms in total. The summed E-state index contributed by atoms with van der Waals surface area (Å²) in [5.74, 6) is 0.264. The van der Waals surface area contributed by atoms with Gasteiger partial charge < -0.3 is 14.6 Å². The number of carbonyl (C=O) groups is 2. The first kappa shape index (κ1) is 28.9. The summed E-state index contributed by atoms with van der Waals surface area (Å²) in [7, 11) is 0. The lowest BCUT2D eigenvalue weighted by Crippen LogP contribution is -2.36. The van der Waals surface area contributed by atoms with E-state index in [4.69, 9.17) is 16.0 Å². The van der Waals surface area contributed by atoms with Gasteiger partial charge in [-0.2, -0.15) is 0 Å². The zero-order valence-corrected chi connectivity index (χ0v) is 24.8. The molecule has 1 N–H and O–H groups in total. The minimum Gasteiger partial charge on any atom is -0.451 e. The minimum absolute atomic E-state index is 0.00000492. The van der Waals surface area contributed by atoms with Crippen LogP contribution in [-0.4, -0.2) is 29.3 Å². The Morgan fingerprint density at radius 3 is 2.49 bits per heavy atom. The van der Waals surface area contributed by atoms with E-state index in [-0.39, 0.29) is 23.1 Å². The lowest BCUT2D eigenvalue weighted by Gasteiger charge is -2.28. The summed E-state index contributed by atoms with van der Waals surface area (Å²) in [6.45, 7) is 1.53. The van der Waals surface area contributed by atoms with Gasteiger partial charge in [-0.1, -0.05) is 71.8 Å². The first-order valence-corrected chi connectivity index (χ1v) is 15.4. The molecule has 43 heavy (non-hydrogen) atoms. The molecule has 2 heterocycles. The van der Waals surface area contributed by atoms with Crippen molar-refractivity contribution in [2.24, 2.45) is 0 Å². The highest BCUT2D eigenvalue weighted by Crippen LogP contribution is 2.37. The van der Waals surface area contributed by atoms with Crippen LogP contribution in [0, 0.1) is 0 Å². The summed E-state index contributed by atoms with van der Waals surface area (Å²) in [5.41, 5.74) is 5.10. The van der Waals surface area contributed by atoms with Crippen LogP contribution in [0.5, 0.6) is 0 Å². The van der Waals surface area contributed by atoms with Crippen LogP contribution >= 0.6 is 11.6 Å². The second-order valence-corrected chi connectivity index (χ2v) is 12.0. The number of rotatable bonds is 8. The molecule has 1 aromatic heterocycles. The number of allylic oxidation sites excluding steroid dienone is 1. The van der Waals surface area contributed by atoms with Gasteiger partial charge in [0.25, 0.3) is 5.91 Å². The van der Waals surface area contributed by atoms with Crippen LogP contribution in [0.1, 0.15) is 71.7 Å². The number of hydrogen-bond donors (Lipinski definition) is 1. The molecule has 6 rings (SSSR count). The average Bonchev–Trinajstić information content (AvgIpc) is 3.42. The maximum atomic E-state index is 13.4. The Hall–Kier alpha value is -4.16. The van der Waals surface area contributed by atoms with Gasteiger partial charge in [0.1, 0.15) is 5.58 Å². The van der Waals surface area contributed by atoms with E-state index < -0.39 is 5.91 Å². The Morgan fingerprint density at radius 1 is 0.977 bits per heavy atom. The molecular formula is C36H35ClN2O4. The van der Waals surface area contributed by atoms with Gasteiger partial charge in [0.05, 0.1) is 11.4 Å². The summed E-state index contributed by atoms with van der Waals surface area (Å²) < 4.78 is 5.81. The van der Waals surface area contributed by atoms with E-state index in [1.165, 1.54) is 22.8 Å². The Balaban J connectivity index is 1.18. The molecule has 7 heteroatoms.